The number of aryl methyl sites for hydroxylation is 1. The van der Waals surface area contributed by atoms with Crippen LogP contribution >= 0.6 is 0 Å². The molecule has 0 bridgehead atoms. The Morgan fingerprint density at radius 1 is 1.35 bits per heavy atom. The summed E-state index contributed by atoms with van der Waals surface area (Å²) in [7, 11) is 0. The minimum Gasteiger partial charge on any atom is -0.598 e. The standard InChI is InChI=1S/C15H21NO3S/c1-10-5-6-13-11(7-10)8-14(19-13)12(9-17)16-20(18)15(2,3)4/h5-8,12,16-17H,9H2,1-4H3/t12-,20?/m1/s1. The summed E-state index contributed by atoms with van der Waals surface area (Å²) in [5.41, 5.74) is 1.92. The molecule has 2 aromatic rings. The zero-order chi connectivity index (χ0) is 14.9. The van der Waals surface area contributed by atoms with Crippen molar-refractivity contribution in [2.24, 2.45) is 0 Å². The minimum atomic E-state index is -1.26. The van der Waals surface area contributed by atoms with Gasteiger partial charge in [0.25, 0.3) is 0 Å². The molecule has 0 aliphatic heterocycles. The van der Waals surface area contributed by atoms with Gasteiger partial charge in [-0.25, -0.2) is 0 Å². The molecule has 1 unspecified atom stereocenters. The summed E-state index contributed by atoms with van der Waals surface area (Å²) in [5.74, 6) is 0.603. The molecule has 5 heteroatoms. The van der Waals surface area contributed by atoms with E-state index < -0.39 is 22.2 Å². The molecule has 110 valence electrons. The van der Waals surface area contributed by atoms with Crippen molar-refractivity contribution >= 4 is 22.3 Å². The lowest BCUT2D eigenvalue weighted by Gasteiger charge is -2.26. The van der Waals surface area contributed by atoms with Crippen LogP contribution in [0.1, 0.15) is 38.1 Å². The normalized spacial score (nSPS) is 15.5. The van der Waals surface area contributed by atoms with Gasteiger partial charge in [-0.15, -0.1) is 4.72 Å². The van der Waals surface area contributed by atoms with Gasteiger partial charge in [0.2, 0.25) is 0 Å². The molecule has 0 spiro atoms. The summed E-state index contributed by atoms with van der Waals surface area (Å²) in [4.78, 5) is 0. The zero-order valence-electron chi connectivity index (χ0n) is 12.3. The first kappa shape index (κ1) is 15.4. The van der Waals surface area contributed by atoms with Gasteiger partial charge < -0.3 is 14.1 Å². The van der Waals surface area contributed by atoms with E-state index in [1.807, 2.05) is 52.0 Å². The van der Waals surface area contributed by atoms with Crippen LogP contribution in [0.5, 0.6) is 0 Å². The highest BCUT2D eigenvalue weighted by Gasteiger charge is 2.30. The van der Waals surface area contributed by atoms with E-state index in [-0.39, 0.29) is 6.61 Å². The predicted octanol–water partition coefficient (Wildman–Crippen LogP) is 2.83. The predicted molar refractivity (Wildman–Crippen MR) is 81.8 cm³/mol. The van der Waals surface area contributed by atoms with Gasteiger partial charge in [-0.1, -0.05) is 11.6 Å². The van der Waals surface area contributed by atoms with Crippen LogP contribution in [0.3, 0.4) is 0 Å². The number of furan rings is 1. The minimum absolute atomic E-state index is 0.166. The van der Waals surface area contributed by atoms with Gasteiger partial charge in [-0.3, -0.25) is 0 Å². The van der Waals surface area contributed by atoms with Crippen LogP contribution in [0.15, 0.2) is 28.7 Å². The molecule has 0 radical (unpaired) electrons. The summed E-state index contributed by atoms with van der Waals surface area (Å²) < 4.78 is 20.4. The van der Waals surface area contributed by atoms with E-state index in [0.29, 0.717) is 5.76 Å². The maximum Gasteiger partial charge on any atom is 0.136 e. The second-order valence-corrected chi connectivity index (χ2v) is 7.92. The largest absolute Gasteiger partial charge is 0.598 e. The van der Waals surface area contributed by atoms with Gasteiger partial charge in [0, 0.05) is 16.7 Å². The van der Waals surface area contributed by atoms with E-state index in [2.05, 4.69) is 4.72 Å². The van der Waals surface area contributed by atoms with Gasteiger partial charge in [0.15, 0.2) is 0 Å². The number of fused-ring (bicyclic) bond motifs is 1. The molecule has 1 heterocycles. The molecule has 2 rings (SSSR count). The van der Waals surface area contributed by atoms with Crippen molar-refractivity contribution in [3.63, 3.8) is 0 Å². The Labute approximate surface area is 122 Å². The Hall–Kier alpha value is -1.01. The average molecular weight is 295 g/mol. The van der Waals surface area contributed by atoms with Gasteiger partial charge in [-0.05, 0) is 45.9 Å². The van der Waals surface area contributed by atoms with Crippen LogP contribution in [0.4, 0.5) is 0 Å². The van der Waals surface area contributed by atoms with E-state index in [9.17, 15) is 9.66 Å². The van der Waals surface area contributed by atoms with Crippen LogP contribution in [-0.2, 0) is 11.4 Å². The van der Waals surface area contributed by atoms with Crippen LogP contribution in [0.2, 0.25) is 0 Å². The first-order valence-electron chi connectivity index (χ1n) is 6.60. The summed E-state index contributed by atoms with van der Waals surface area (Å²) in [5, 5.41) is 10.5. The maximum atomic E-state index is 12.1. The number of benzene rings is 1. The maximum absolute atomic E-state index is 12.1. The molecule has 0 saturated heterocycles. The Balaban J connectivity index is 2.25. The van der Waals surface area contributed by atoms with Crippen LogP contribution in [-0.4, -0.2) is 21.0 Å². The van der Waals surface area contributed by atoms with Gasteiger partial charge in [0.05, 0.1) is 6.61 Å². The van der Waals surface area contributed by atoms with E-state index in [4.69, 9.17) is 4.42 Å². The molecular formula is C15H21NO3S. The zero-order valence-corrected chi connectivity index (χ0v) is 13.1. The Bertz CT molecular complexity index is 588. The lowest BCUT2D eigenvalue weighted by Crippen LogP contribution is -2.42. The molecule has 0 fully saturated rings. The molecule has 0 aliphatic carbocycles. The Morgan fingerprint density at radius 3 is 2.65 bits per heavy atom. The molecule has 2 N–H and O–H groups in total. The quantitative estimate of drug-likeness (QED) is 0.851. The summed E-state index contributed by atoms with van der Waals surface area (Å²) >= 11 is -1.26. The van der Waals surface area contributed by atoms with Crippen LogP contribution in [0, 0.1) is 6.92 Å². The van der Waals surface area contributed by atoms with Crippen molar-refractivity contribution in [1.82, 2.24) is 4.72 Å². The molecular weight excluding hydrogens is 274 g/mol. The van der Waals surface area contributed by atoms with Gasteiger partial charge >= 0.3 is 0 Å². The molecule has 20 heavy (non-hydrogen) atoms. The number of aliphatic hydroxyl groups excluding tert-OH is 1. The van der Waals surface area contributed by atoms with Gasteiger partial charge in [0.1, 0.15) is 22.1 Å². The van der Waals surface area contributed by atoms with Crippen LogP contribution in [0.25, 0.3) is 11.0 Å². The van der Waals surface area contributed by atoms with E-state index in [1.54, 1.807) is 0 Å². The number of nitrogens with one attached hydrogen (secondary N) is 1. The van der Waals surface area contributed by atoms with Crippen molar-refractivity contribution in [2.45, 2.75) is 38.5 Å². The van der Waals surface area contributed by atoms with Gasteiger partial charge in [-0.2, -0.15) is 0 Å². The third kappa shape index (κ3) is 3.35. The second-order valence-electron chi connectivity index (χ2n) is 5.92. The van der Waals surface area contributed by atoms with Crippen molar-refractivity contribution in [3.8, 4) is 0 Å². The third-order valence-electron chi connectivity index (χ3n) is 3.02. The first-order valence-corrected chi connectivity index (χ1v) is 7.75. The molecule has 2 atom stereocenters. The van der Waals surface area contributed by atoms with E-state index in [1.165, 1.54) is 0 Å². The SMILES string of the molecule is Cc1ccc2oc([C@@H](CO)N[S+]([O-])C(C)(C)C)cc2c1. The lowest BCUT2D eigenvalue weighted by molar-refractivity contribution is 0.243. The molecule has 1 aromatic heterocycles. The molecule has 1 aromatic carbocycles. The highest BCUT2D eigenvalue weighted by atomic mass is 32.2. The van der Waals surface area contributed by atoms with E-state index in [0.717, 1.165) is 16.5 Å². The number of hydrogen-bond acceptors (Lipinski definition) is 4. The monoisotopic (exact) mass is 295 g/mol. The lowest BCUT2D eigenvalue weighted by atomic mass is 10.1. The summed E-state index contributed by atoms with van der Waals surface area (Å²) in [6.45, 7) is 7.49. The van der Waals surface area contributed by atoms with Crippen molar-refractivity contribution in [1.29, 1.82) is 0 Å². The molecule has 0 saturated carbocycles. The third-order valence-corrected chi connectivity index (χ3v) is 4.63. The van der Waals surface area contributed by atoms with E-state index >= 15 is 0 Å². The highest BCUT2D eigenvalue weighted by Crippen LogP contribution is 2.26. The fourth-order valence-electron chi connectivity index (χ4n) is 1.85. The molecule has 4 nitrogen and oxygen atoms in total. The first-order chi connectivity index (χ1) is 9.31. The van der Waals surface area contributed by atoms with Crippen molar-refractivity contribution in [3.05, 3.63) is 35.6 Å². The number of hydrogen-bond donors (Lipinski definition) is 2. The van der Waals surface area contributed by atoms with Crippen LogP contribution < -0.4 is 4.72 Å². The average Bonchev–Trinajstić information content (AvgIpc) is 2.76. The number of aliphatic hydroxyl groups is 1. The summed E-state index contributed by atoms with van der Waals surface area (Å²) in [6.07, 6.45) is 0. The fourth-order valence-corrected chi connectivity index (χ4v) is 2.65. The molecule has 0 amide bonds. The van der Waals surface area contributed by atoms with Crippen molar-refractivity contribution in [2.75, 3.05) is 6.61 Å². The van der Waals surface area contributed by atoms with Crippen molar-refractivity contribution < 1.29 is 14.1 Å². The highest BCUT2D eigenvalue weighted by molar-refractivity contribution is 7.90. The molecule has 0 aliphatic rings. The summed E-state index contributed by atoms with van der Waals surface area (Å²) in [6, 6.07) is 7.32. The number of rotatable bonds is 4. The smallest absolute Gasteiger partial charge is 0.136 e. The second kappa shape index (κ2) is 5.77. The Morgan fingerprint density at radius 2 is 2.05 bits per heavy atom. The fraction of sp³-hybridized carbons (Fsp3) is 0.467. The Kier molecular flexibility index (Phi) is 4.44. The topological polar surface area (TPSA) is 68.5 Å².